The van der Waals surface area contributed by atoms with Crippen molar-refractivity contribution in [1.29, 1.82) is 0 Å². The average molecular weight is 311 g/mol. The molecule has 5 nitrogen and oxygen atoms in total. The summed E-state index contributed by atoms with van der Waals surface area (Å²) < 4.78 is 0.675. The van der Waals surface area contributed by atoms with Gasteiger partial charge in [0.2, 0.25) is 5.91 Å². The van der Waals surface area contributed by atoms with Crippen molar-refractivity contribution in [2.75, 3.05) is 0 Å². The van der Waals surface area contributed by atoms with Gasteiger partial charge < -0.3 is 10.4 Å². The molecule has 0 spiro atoms. The van der Waals surface area contributed by atoms with Crippen molar-refractivity contribution in [1.82, 2.24) is 10.3 Å². The zero-order valence-corrected chi connectivity index (χ0v) is 11.0. The minimum absolute atomic E-state index is 0.400. The zero-order valence-electron chi connectivity index (χ0n) is 9.39. The minimum atomic E-state index is -1.04. The molecule has 0 aliphatic heterocycles. The Hall–Kier alpha value is -1.69. The van der Waals surface area contributed by atoms with Crippen LogP contribution >= 0.6 is 15.9 Å². The van der Waals surface area contributed by atoms with Crippen molar-refractivity contribution in [3.8, 4) is 0 Å². The van der Waals surface area contributed by atoms with Crippen molar-refractivity contribution >= 4 is 33.9 Å². The Balaban J connectivity index is 1.98. The van der Waals surface area contributed by atoms with E-state index < -0.39 is 17.4 Å². The van der Waals surface area contributed by atoms with Crippen LogP contribution in [0.15, 0.2) is 29.0 Å². The van der Waals surface area contributed by atoms with E-state index in [2.05, 4.69) is 26.2 Å². The second kappa shape index (κ2) is 4.89. The number of nitrogens with one attached hydrogen (secondary N) is 1. The van der Waals surface area contributed by atoms with Gasteiger partial charge in [-0.25, -0.2) is 9.78 Å². The number of carbonyl (C=O) groups excluding carboxylic acids is 1. The molecule has 0 aromatic carbocycles. The van der Waals surface area contributed by atoms with Gasteiger partial charge in [-0.05, 0) is 52.5 Å². The number of halogens is 1. The number of hydrogen-bond acceptors (Lipinski definition) is 3. The van der Waals surface area contributed by atoms with Gasteiger partial charge in [-0.1, -0.05) is 0 Å². The summed E-state index contributed by atoms with van der Waals surface area (Å²) in [4.78, 5) is 26.4. The van der Waals surface area contributed by atoms with Crippen molar-refractivity contribution in [2.45, 2.75) is 18.4 Å². The van der Waals surface area contributed by atoms with E-state index in [1.54, 1.807) is 24.4 Å². The summed E-state index contributed by atoms with van der Waals surface area (Å²) in [6.07, 6.45) is 5.53. The van der Waals surface area contributed by atoms with Gasteiger partial charge in [0, 0.05) is 12.3 Å². The van der Waals surface area contributed by atoms with Crippen LogP contribution in [0.25, 0.3) is 6.08 Å². The largest absolute Gasteiger partial charge is 0.480 e. The number of rotatable bonds is 4. The molecule has 0 unspecified atom stereocenters. The summed E-state index contributed by atoms with van der Waals surface area (Å²) in [5.41, 5.74) is -0.229. The first-order chi connectivity index (χ1) is 8.52. The minimum Gasteiger partial charge on any atom is -0.480 e. The smallest absolute Gasteiger partial charge is 0.329 e. The molecule has 1 aromatic heterocycles. The van der Waals surface area contributed by atoms with Crippen LogP contribution < -0.4 is 5.32 Å². The molecule has 0 atom stereocenters. The molecule has 0 saturated heterocycles. The lowest BCUT2D eigenvalue weighted by atomic mass is 10.2. The van der Waals surface area contributed by atoms with E-state index in [0.717, 1.165) is 5.56 Å². The SMILES string of the molecule is O=C(/C=C/c1ccnc(Br)c1)NC1(C(=O)O)CC1. The summed E-state index contributed by atoms with van der Waals surface area (Å²) in [5.74, 6) is -1.38. The van der Waals surface area contributed by atoms with Gasteiger partial charge in [0.1, 0.15) is 10.1 Å². The van der Waals surface area contributed by atoms with E-state index in [0.29, 0.717) is 17.4 Å². The summed E-state index contributed by atoms with van der Waals surface area (Å²) in [7, 11) is 0. The molecule has 0 radical (unpaired) electrons. The first-order valence-corrected chi connectivity index (χ1v) is 6.16. The number of hydrogen-bond donors (Lipinski definition) is 2. The third kappa shape index (κ3) is 2.95. The van der Waals surface area contributed by atoms with Gasteiger partial charge in [0.15, 0.2) is 0 Å². The van der Waals surface area contributed by atoms with Crippen molar-refractivity contribution in [3.05, 3.63) is 34.6 Å². The van der Waals surface area contributed by atoms with Crippen LogP contribution in [0.1, 0.15) is 18.4 Å². The molecule has 2 rings (SSSR count). The highest BCUT2D eigenvalue weighted by Gasteiger charge is 2.51. The lowest BCUT2D eigenvalue weighted by Crippen LogP contribution is -2.42. The normalized spacial score (nSPS) is 16.5. The predicted molar refractivity (Wildman–Crippen MR) is 68.7 cm³/mol. The number of pyridine rings is 1. The van der Waals surface area contributed by atoms with E-state index in [-0.39, 0.29) is 0 Å². The topological polar surface area (TPSA) is 79.3 Å². The highest BCUT2D eigenvalue weighted by atomic mass is 79.9. The number of carbonyl (C=O) groups is 2. The standard InChI is InChI=1S/C12H11BrN2O3/c13-9-7-8(3-6-14-9)1-2-10(16)15-12(4-5-12)11(17)18/h1-3,6-7H,4-5H2,(H,15,16)(H,17,18)/b2-1+. The van der Waals surface area contributed by atoms with Crippen LogP contribution in [0, 0.1) is 0 Å². The Labute approximate surface area is 112 Å². The van der Waals surface area contributed by atoms with Crippen molar-refractivity contribution < 1.29 is 14.7 Å². The number of aliphatic carboxylic acids is 1. The maximum absolute atomic E-state index is 11.6. The molecule has 1 amide bonds. The fourth-order valence-electron chi connectivity index (χ4n) is 1.49. The van der Waals surface area contributed by atoms with Crippen LogP contribution in [-0.2, 0) is 9.59 Å². The van der Waals surface area contributed by atoms with E-state index >= 15 is 0 Å². The quantitative estimate of drug-likeness (QED) is 0.654. The maximum Gasteiger partial charge on any atom is 0.329 e. The van der Waals surface area contributed by atoms with E-state index in [4.69, 9.17) is 5.11 Å². The van der Waals surface area contributed by atoms with Crippen LogP contribution in [0.4, 0.5) is 0 Å². The molecular formula is C12H11BrN2O3. The second-order valence-electron chi connectivity index (χ2n) is 4.12. The molecule has 1 aliphatic carbocycles. The van der Waals surface area contributed by atoms with E-state index in [1.807, 2.05) is 0 Å². The van der Waals surface area contributed by atoms with Crippen LogP contribution in [0.2, 0.25) is 0 Å². The van der Waals surface area contributed by atoms with Crippen LogP contribution in [0.3, 0.4) is 0 Å². The van der Waals surface area contributed by atoms with Gasteiger partial charge >= 0.3 is 5.97 Å². The van der Waals surface area contributed by atoms with E-state index in [9.17, 15) is 9.59 Å². The van der Waals surface area contributed by atoms with Crippen LogP contribution in [0.5, 0.6) is 0 Å². The molecule has 1 saturated carbocycles. The van der Waals surface area contributed by atoms with Crippen molar-refractivity contribution in [3.63, 3.8) is 0 Å². The fraction of sp³-hybridized carbons (Fsp3) is 0.250. The Kier molecular flexibility index (Phi) is 3.47. The highest BCUT2D eigenvalue weighted by molar-refractivity contribution is 9.10. The number of amides is 1. The molecule has 1 fully saturated rings. The molecular weight excluding hydrogens is 300 g/mol. The van der Waals surface area contributed by atoms with Gasteiger partial charge in [-0.3, -0.25) is 4.79 Å². The van der Waals surface area contributed by atoms with Gasteiger partial charge in [0.05, 0.1) is 0 Å². The summed E-state index contributed by atoms with van der Waals surface area (Å²) in [6.45, 7) is 0. The number of nitrogens with zero attached hydrogens (tertiary/aromatic N) is 1. The summed E-state index contributed by atoms with van der Waals surface area (Å²) >= 11 is 3.22. The Morgan fingerprint density at radius 2 is 2.22 bits per heavy atom. The molecule has 94 valence electrons. The van der Waals surface area contributed by atoms with Crippen LogP contribution in [-0.4, -0.2) is 27.5 Å². The molecule has 6 heteroatoms. The summed E-state index contributed by atoms with van der Waals surface area (Å²) in [6, 6.07) is 3.51. The first-order valence-electron chi connectivity index (χ1n) is 5.37. The molecule has 1 aromatic rings. The predicted octanol–water partition coefficient (Wildman–Crippen LogP) is 1.59. The molecule has 2 N–H and O–H groups in total. The fourth-order valence-corrected chi connectivity index (χ4v) is 1.87. The monoisotopic (exact) mass is 310 g/mol. The van der Waals surface area contributed by atoms with E-state index in [1.165, 1.54) is 6.08 Å². The Morgan fingerprint density at radius 1 is 1.50 bits per heavy atom. The Morgan fingerprint density at radius 3 is 2.78 bits per heavy atom. The number of carboxylic acid groups (broad SMARTS) is 1. The lowest BCUT2D eigenvalue weighted by Gasteiger charge is -2.09. The van der Waals surface area contributed by atoms with Gasteiger partial charge in [-0.2, -0.15) is 0 Å². The third-order valence-electron chi connectivity index (χ3n) is 2.70. The van der Waals surface area contributed by atoms with Crippen molar-refractivity contribution in [2.24, 2.45) is 0 Å². The zero-order chi connectivity index (χ0) is 13.2. The average Bonchev–Trinajstić information content (AvgIpc) is 3.08. The summed E-state index contributed by atoms with van der Waals surface area (Å²) in [5, 5.41) is 11.4. The second-order valence-corrected chi connectivity index (χ2v) is 4.93. The van der Waals surface area contributed by atoms with Gasteiger partial charge in [0.25, 0.3) is 0 Å². The number of aromatic nitrogens is 1. The molecule has 0 bridgehead atoms. The van der Waals surface area contributed by atoms with Gasteiger partial charge in [-0.15, -0.1) is 0 Å². The Bertz CT molecular complexity index is 524. The third-order valence-corrected chi connectivity index (χ3v) is 3.13. The first kappa shape index (κ1) is 12.8. The molecule has 1 aliphatic rings. The molecule has 18 heavy (non-hydrogen) atoms. The number of carboxylic acids is 1. The highest BCUT2D eigenvalue weighted by Crippen LogP contribution is 2.35. The lowest BCUT2D eigenvalue weighted by molar-refractivity contribution is -0.142. The maximum atomic E-state index is 11.6. The molecule has 1 heterocycles.